The van der Waals surface area contributed by atoms with Gasteiger partial charge >= 0.3 is 34.1 Å². The van der Waals surface area contributed by atoms with Gasteiger partial charge in [-0.2, -0.15) is 0 Å². The molecule has 4 rings (SSSR count). The quantitative estimate of drug-likeness (QED) is 0.191. The van der Waals surface area contributed by atoms with Gasteiger partial charge in [-0.1, -0.05) is 12.2 Å². The molecule has 4 heterocycles. The van der Waals surface area contributed by atoms with Gasteiger partial charge in [-0.3, -0.25) is 29.9 Å². The molecule has 0 amide bonds. The number of rotatable bonds is 6. The Hall–Kier alpha value is -4.88. The van der Waals surface area contributed by atoms with E-state index in [-0.39, 0.29) is 34.1 Å². The van der Waals surface area contributed by atoms with E-state index in [0.29, 0.717) is 0 Å². The molecule has 0 saturated heterocycles. The first kappa shape index (κ1) is 35.1. The average molecular weight is 642 g/mol. The second-order valence-electron chi connectivity index (χ2n) is 6.55. The van der Waals surface area contributed by atoms with Gasteiger partial charge in [-0.15, -0.1) is 0 Å². The Labute approximate surface area is 246 Å². The molecule has 4 aromatic rings. The zero-order valence-electron chi connectivity index (χ0n) is 19.6. The Bertz CT molecular complexity index is 1270. The fraction of sp³-hybridized carbons (Fsp3) is 0. The molecule has 0 aliphatic heterocycles. The maximum absolute atomic E-state index is 10.2. The van der Waals surface area contributed by atoms with Crippen LogP contribution in [-0.4, -0.2) is 53.8 Å². The molecule has 0 fully saturated rings. The number of carbonyl (C=O) groups is 4. The number of carboxylic acid groups (broad SMARTS) is 4. The van der Waals surface area contributed by atoms with E-state index in [4.69, 9.17) is 0 Å². The zero-order valence-corrected chi connectivity index (χ0v) is 21.5. The molecule has 16 heteroatoms. The molecule has 0 saturated carbocycles. The third-order valence-electron chi connectivity index (χ3n) is 4.05. The van der Waals surface area contributed by atoms with Crippen LogP contribution < -0.4 is 20.4 Å². The minimum Gasteiger partial charge on any atom is -0.543 e. The number of aromatic carboxylic acids is 4. The van der Waals surface area contributed by atoms with E-state index in [0.717, 1.165) is 35.9 Å². The van der Waals surface area contributed by atoms with Crippen molar-refractivity contribution in [2.45, 2.75) is 0 Å². The summed E-state index contributed by atoms with van der Waals surface area (Å²) in [4.78, 5) is 61.8. The van der Waals surface area contributed by atoms with E-state index in [1.54, 1.807) is 24.8 Å². The first-order chi connectivity index (χ1) is 18.2. The van der Waals surface area contributed by atoms with E-state index in [1.807, 2.05) is 24.3 Å². The van der Waals surface area contributed by atoms with E-state index < -0.39 is 46.7 Å². The van der Waals surface area contributed by atoms with Crippen LogP contribution in [0.4, 0.5) is 0 Å². The van der Waals surface area contributed by atoms with Crippen LogP contribution in [0.3, 0.4) is 0 Å². The summed E-state index contributed by atoms with van der Waals surface area (Å²) in [5, 5.41) is 40.9. The number of nitrogens with zero attached hydrogens (tertiary/aromatic N) is 6. The van der Waals surface area contributed by atoms with E-state index in [9.17, 15) is 39.6 Å². The van der Waals surface area contributed by atoms with E-state index in [2.05, 4.69) is 42.1 Å². The molecule has 4 aromatic heterocycles. The molecule has 0 aliphatic rings. The first-order valence-corrected chi connectivity index (χ1v) is 10.2. The minimum atomic E-state index is -1.69. The van der Waals surface area contributed by atoms with Gasteiger partial charge < -0.3 is 39.6 Å². The summed E-state index contributed by atoms with van der Waals surface area (Å²) in [5.74, 6) is -6.77. The summed E-state index contributed by atoms with van der Waals surface area (Å²) in [7, 11) is 0. The number of hydrogen-bond acceptors (Lipinski definition) is 14. The van der Waals surface area contributed by atoms with Crippen LogP contribution in [-0.2, 0) is 34.1 Å². The van der Waals surface area contributed by atoms with Crippen LogP contribution >= 0.6 is 0 Å². The minimum absolute atomic E-state index is 0. The Balaban J connectivity index is 0.000000559. The number of carboxylic acids is 4. The van der Waals surface area contributed by atoms with Gasteiger partial charge in [0.25, 0.3) is 0 Å². The van der Waals surface area contributed by atoms with Crippen molar-refractivity contribution < 1.29 is 73.7 Å². The molecule has 0 atom stereocenters. The predicted molar refractivity (Wildman–Crippen MR) is 119 cm³/mol. The van der Waals surface area contributed by atoms with Crippen molar-refractivity contribution >= 4 is 36.0 Å². The Kier molecular flexibility index (Phi) is 16.1. The maximum Gasteiger partial charge on any atom is 2.00 e. The van der Waals surface area contributed by atoms with Gasteiger partial charge in [0.1, 0.15) is 22.8 Å². The van der Waals surface area contributed by atoms with E-state index >= 15 is 0 Å². The van der Waals surface area contributed by atoms with Crippen molar-refractivity contribution in [3.8, 4) is 0 Å². The second-order valence-corrected chi connectivity index (χ2v) is 6.55. The molecule has 14 nitrogen and oxygen atoms in total. The SMILES string of the molecule is C(=C\c1ccncc1)/c1ccncc1.O=C([O-])c1nccnc1C(=O)[O-].O=C([O-])c1nccnc1C(=O)[O-].[Cu+2].[Cu+2]. The average Bonchev–Trinajstić information content (AvgIpc) is 2.93. The summed E-state index contributed by atoms with van der Waals surface area (Å²) in [6.45, 7) is 0. The zero-order chi connectivity index (χ0) is 27.9. The smallest absolute Gasteiger partial charge is 0.543 e. The van der Waals surface area contributed by atoms with Crippen LogP contribution in [0.25, 0.3) is 12.2 Å². The van der Waals surface area contributed by atoms with Gasteiger partial charge in [0, 0.05) is 49.6 Å². The van der Waals surface area contributed by atoms with Crippen LogP contribution in [0.5, 0.6) is 0 Å². The van der Waals surface area contributed by atoms with Crippen LogP contribution in [0.1, 0.15) is 53.1 Å². The number of pyridine rings is 2. The van der Waals surface area contributed by atoms with Crippen LogP contribution in [0.15, 0.2) is 73.8 Å². The van der Waals surface area contributed by atoms with E-state index in [1.165, 1.54) is 0 Å². The van der Waals surface area contributed by atoms with Gasteiger partial charge in [0.2, 0.25) is 0 Å². The topological polar surface area (TPSA) is 238 Å². The Morgan fingerprint density at radius 2 is 0.675 bits per heavy atom. The summed E-state index contributed by atoms with van der Waals surface area (Å²) in [5.41, 5.74) is -0.598. The Morgan fingerprint density at radius 3 is 0.875 bits per heavy atom. The molecule has 0 bridgehead atoms. The molecular weight excluding hydrogens is 627 g/mol. The fourth-order valence-corrected chi connectivity index (χ4v) is 2.42. The van der Waals surface area contributed by atoms with Crippen molar-refractivity contribution in [2.75, 3.05) is 0 Å². The maximum atomic E-state index is 10.2. The molecule has 0 N–H and O–H groups in total. The van der Waals surface area contributed by atoms with Crippen molar-refractivity contribution in [1.82, 2.24) is 29.9 Å². The number of carbonyl (C=O) groups excluding carboxylic acids is 4. The molecule has 0 unspecified atom stereocenters. The number of aromatic nitrogens is 6. The van der Waals surface area contributed by atoms with Crippen molar-refractivity contribution in [2.24, 2.45) is 0 Å². The Morgan fingerprint density at radius 1 is 0.450 bits per heavy atom. The van der Waals surface area contributed by atoms with Gasteiger partial charge in [-0.05, 0) is 35.4 Å². The summed E-state index contributed by atoms with van der Waals surface area (Å²) >= 11 is 0. The predicted octanol–water partition coefficient (Wildman–Crippen LogP) is -2.95. The standard InChI is InChI=1S/C12H10N2.2C6H4N2O4.2Cu/c1(11-3-7-13-8-4-11)2-12-5-9-14-10-6-12;2*9-5(10)3-4(6(11)12)8-2-1-7-3;;/h1-10H;2*1-2H,(H,9,10)(H,11,12);;/q;;;2*+2/p-4/b2-1+;;;;. The summed E-state index contributed by atoms with van der Waals surface area (Å²) < 4.78 is 0. The molecule has 0 aromatic carbocycles. The second kappa shape index (κ2) is 18.4. The van der Waals surface area contributed by atoms with Crippen molar-refractivity contribution in [1.29, 1.82) is 0 Å². The summed E-state index contributed by atoms with van der Waals surface area (Å²) in [6, 6.07) is 7.88. The molecule has 0 spiro atoms. The van der Waals surface area contributed by atoms with Crippen LogP contribution in [0, 0.1) is 0 Å². The third kappa shape index (κ3) is 11.7. The van der Waals surface area contributed by atoms with Gasteiger partial charge in [0.05, 0.1) is 23.9 Å². The van der Waals surface area contributed by atoms with Crippen LogP contribution in [0.2, 0.25) is 0 Å². The number of hydrogen-bond donors (Lipinski definition) is 0. The largest absolute Gasteiger partial charge is 2.00 e. The molecule has 210 valence electrons. The monoisotopic (exact) mass is 640 g/mol. The van der Waals surface area contributed by atoms with Crippen molar-refractivity contribution in [3.05, 3.63) is 108 Å². The fourth-order valence-electron chi connectivity index (χ4n) is 2.42. The van der Waals surface area contributed by atoms with Gasteiger partial charge in [-0.25, -0.2) is 0 Å². The normalized spacial score (nSPS) is 9.30. The molecular formula is C24H14Cu2N6O8. The van der Waals surface area contributed by atoms with Gasteiger partial charge in [0.15, 0.2) is 0 Å². The van der Waals surface area contributed by atoms with Crippen molar-refractivity contribution in [3.63, 3.8) is 0 Å². The first-order valence-electron chi connectivity index (χ1n) is 10.2. The third-order valence-corrected chi connectivity index (χ3v) is 4.05. The summed E-state index contributed by atoms with van der Waals surface area (Å²) in [6.07, 6.45) is 15.5. The molecule has 0 aliphatic carbocycles. The molecule has 2 radical (unpaired) electrons. The molecule has 40 heavy (non-hydrogen) atoms.